The zero-order valence-electron chi connectivity index (χ0n) is 16.9. The van der Waals surface area contributed by atoms with Gasteiger partial charge in [-0.2, -0.15) is 0 Å². The van der Waals surface area contributed by atoms with Gasteiger partial charge in [0.1, 0.15) is 23.0 Å². The maximum atomic E-state index is 5.84. The van der Waals surface area contributed by atoms with Gasteiger partial charge < -0.3 is 23.9 Å². The molecule has 0 saturated carbocycles. The summed E-state index contributed by atoms with van der Waals surface area (Å²) in [6, 6.07) is 12.0. The molecule has 4 aromatic rings. The summed E-state index contributed by atoms with van der Waals surface area (Å²) in [5.74, 6) is 2.48. The molecule has 2 heterocycles. The van der Waals surface area contributed by atoms with Crippen LogP contribution in [-0.4, -0.2) is 39.8 Å². The van der Waals surface area contributed by atoms with Crippen LogP contribution in [0.3, 0.4) is 0 Å². The Morgan fingerprint density at radius 3 is 2.48 bits per heavy atom. The third-order valence-corrected chi connectivity index (χ3v) is 4.65. The summed E-state index contributed by atoms with van der Waals surface area (Å²) in [7, 11) is 2.02. The molecule has 4 rings (SSSR count). The third-order valence-electron chi connectivity index (χ3n) is 4.65. The van der Waals surface area contributed by atoms with Crippen LogP contribution in [0.25, 0.3) is 16.7 Å². The quantitative estimate of drug-likeness (QED) is 0.488. The number of aromatic nitrogens is 4. The first-order valence-corrected chi connectivity index (χ1v) is 9.76. The highest BCUT2D eigenvalue weighted by molar-refractivity contribution is 5.78. The summed E-state index contributed by atoms with van der Waals surface area (Å²) in [5, 5.41) is 0. The Morgan fingerprint density at radius 1 is 1.07 bits per heavy atom. The molecule has 0 fully saturated rings. The van der Waals surface area contributed by atoms with Gasteiger partial charge in [0.05, 0.1) is 37.1 Å². The van der Waals surface area contributed by atoms with E-state index >= 15 is 0 Å². The second kappa shape index (κ2) is 8.26. The summed E-state index contributed by atoms with van der Waals surface area (Å²) >= 11 is 0. The highest BCUT2D eigenvalue weighted by Gasteiger charge is 2.17. The highest BCUT2D eigenvalue weighted by atomic mass is 16.5. The molecule has 0 aliphatic carbocycles. The van der Waals surface area contributed by atoms with E-state index in [1.807, 2.05) is 62.0 Å². The molecule has 0 aliphatic rings. The van der Waals surface area contributed by atoms with Gasteiger partial charge in [0.15, 0.2) is 0 Å². The number of rotatable bonds is 8. The summed E-state index contributed by atoms with van der Waals surface area (Å²) < 4.78 is 13.6. The van der Waals surface area contributed by atoms with Gasteiger partial charge in [0.25, 0.3) is 0 Å². The molecule has 0 aliphatic heterocycles. The second-order valence-electron chi connectivity index (χ2n) is 6.68. The standard InChI is InChI=1S/C22H25N5O2/c1-4-28-19-7-6-8-20(29-5-2)22(19)26(3)14-21-24-17-10-9-16(13-18(17)25-21)27-12-11-23-15-27/h6-13,15H,4-5,14H2,1-3H3,(H,24,25). The molecule has 1 N–H and O–H groups in total. The van der Waals surface area contributed by atoms with Crippen LogP contribution in [0, 0.1) is 0 Å². The molecule has 29 heavy (non-hydrogen) atoms. The number of hydrogen-bond acceptors (Lipinski definition) is 5. The molecule has 0 unspecified atom stereocenters. The number of nitrogens with zero attached hydrogens (tertiary/aromatic N) is 4. The predicted molar refractivity (Wildman–Crippen MR) is 114 cm³/mol. The maximum Gasteiger partial charge on any atom is 0.146 e. The lowest BCUT2D eigenvalue weighted by Gasteiger charge is -2.24. The van der Waals surface area contributed by atoms with E-state index in [0.717, 1.165) is 39.7 Å². The summed E-state index contributed by atoms with van der Waals surface area (Å²) in [4.78, 5) is 14.4. The highest BCUT2D eigenvalue weighted by Crippen LogP contribution is 2.38. The molecule has 0 atom stereocenters. The van der Waals surface area contributed by atoms with Crippen molar-refractivity contribution in [2.24, 2.45) is 0 Å². The van der Waals surface area contributed by atoms with Gasteiger partial charge in [-0.15, -0.1) is 0 Å². The third kappa shape index (κ3) is 3.89. The maximum absolute atomic E-state index is 5.84. The van der Waals surface area contributed by atoms with E-state index in [1.165, 1.54) is 0 Å². The molecule has 7 nitrogen and oxygen atoms in total. The molecule has 2 aromatic heterocycles. The van der Waals surface area contributed by atoms with Crippen LogP contribution in [0.4, 0.5) is 5.69 Å². The minimum atomic E-state index is 0.595. The number of H-pyrrole nitrogens is 1. The first kappa shape index (κ1) is 18.9. The van der Waals surface area contributed by atoms with Crippen molar-refractivity contribution in [2.45, 2.75) is 20.4 Å². The Hall–Kier alpha value is -3.48. The number of fused-ring (bicyclic) bond motifs is 1. The van der Waals surface area contributed by atoms with E-state index < -0.39 is 0 Å². The van der Waals surface area contributed by atoms with E-state index in [0.29, 0.717) is 19.8 Å². The van der Waals surface area contributed by atoms with Gasteiger partial charge in [-0.25, -0.2) is 9.97 Å². The van der Waals surface area contributed by atoms with Gasteiger partial charge in [-0.1, -0.05) is 6.07 Å². The monoisotopic (exact) mass is 391 g/mol. The van der Waals surface area contributed by atoms with E-state index in [-0.39, 0.29) is 0 Å². The fourth-order valence-corrected chi connectivity index (χ4v) is 3.42. The summed E-state index contributed by atoms with van der Waals surface area (Å²) in [5.41, 5.74) is 3.89. The molecular formula is C22H25N5O2. The number of anilines is 1. The van der Waals surface area contributed by atoms with Crippen LogP contribution in [0.2, 0.25) is 0 Å². The Morgan fingerprint density at radius 2 is 1.83 bits per heavy atom. The normalized spacial score (nSPS) is 11.0. The van der Waals surface area contributed by atoms with Crippen LogP contribution in [0.1, 0.15) is 19.7 Å². The lowest BCUT2D eigenvalue weighted by Crippen LogP contribution is -2.19. The van der Waals surface area contributed by atoms with Crippen LogP contribution < -0.4 is 14.4 Å². The van der Waals surface area contributed by atoms with Crippen molar-refractivity contribution >= 4 is 16.7 Å². The van der Waals surface area contributed by atoms with Crippen molar-refractivity contribution in [3.8, 4) is 17.2 Å². The fourth-order valence-electron chi connectivity index (χ4n) is 3.42. The number of para-hydroxylation sites is 1. The predicted octanol–water partition coefficient (Wildman–Crippen LogP) is 4.18. The molecule has 7 heteroatoms. The van der Waals surface area contributed by atoms with Crippen molar-refractivity contribution in [1.29, 1.82) is 0 Å². The van der Waals surface area contributed by atoms with Gasteiger partial charge in [-0.05, 0) is 44.2 Å². The number of ether oxygens (including phenoxy) is 2. The number of aromatic amines is 1. The second-order valence-corrected chi connectivity index (χ2v) is 6.68. The summed E-state index contributed by atoms with van der Waals surface area (Å²) in [6.45, 7) is 5.75. The zero-order valence-corrected chi connectivity index (χ0v) is 16.9. The smallest absolute Gasteiger partial charge is 0.146 e. The fraction of sp³-hybridized carbons (Fsp3) is 0.273. The van der Waals surface area contributed by atoms with Crippen molar-refractivity contribution in [3.05, 3.63) is 60.9 Å². The van der Waals surface area contributed by atoms with E-state index in [2.05, 4.69) is 20.9 Å². The molecule has 150 valence electrons. The molecule has 0 spiro atoms. The molecule has 0 amide bonds. The van der Waals surface area contributed by atoms with Gasteiger partial charge in [0, 0.05) is 25.1 Å². The number of nitrogens with one attached hydrogen (secondary N) is 1. The first-order valence-electron chi connectivity index (χ1n) is 9.76. The Kier molecular flexibility index (Phi) is 5.37. The van der Waals surface area contributed by atoms with Crippen molar-refractivity contribution in [2.75, 3.05) is 25.2 Å². The minimum Gasteiger partial charge on any atom is -0.492 e. The van der Waals surface area contributed by atoms with Crippen LogP contribution in [-0.2, 0) is 6.54 Å². The minimum absolute atomic E-state index is 0.595. The molecule has 0 bridgehead atoms. The summed E-state index contributed by atoms with van der Waals surface area (Å²) in [6.07, 6.45) is 5.47. The Labute approximate surface area is 169 Å². The van der Waals surface area contributed by atoms with Gasteiger partial charge in [-0.3, -0.25) is 0 Å². The average molecular weight is 391 g/mol. The van der Waals surface area contributed by atoms with E-state index in [9.17, 15) is 0 Å². The van der Waals surface area contributed by atoms with Crippen LogP contribution in [0.15, 0.2) is 55.1 Å². The topological polar surface area (TPSA) is 68.2 Å². The van der Waals surface area contributed by atoms with E-state index in [1.54, 1.807) is 12.5 Å². The molecule has 2 aromatic carbocycles. The Balaban J connectivity index is 1.63. The number of benzene rings is 2. The van der Waals surface area contributed by atoms with Gasteiger partial charge in [0.2, 0.25) is 0 Å². The number of imidazole rings is 2. The molecule has 0 radical (unpaired) electrons. The Bertz CT molecular complexity index is 1060. The average Bonchev–Trinajstić information content (AvgIpc) is 3.37. The zero-order chi connectivity index (χ0) is 20.2. The van der Waals surface area contributed by atoms with Crippen molar-refractivity contribution in [1.82, 2.24) is 19.5 Å². The molecule has 0 saturated heterocycles. The first-order chi connectivity index (χ1) is 14.2. The lowest BCUT2D eigenvalue weighted by molar-refractivity contribution is 0.324. The SMILES string of the molecule is CCOc1cccc(OCC)c1N(C)Cc1nc2ccc(-n3ccnc3)cc2[nH]1. The van der Waals surface area contributed by atoms with Crippen LogP contribution >= 0.6 is 0 Å². The largest absolute Gasteiger partial charge is 0.492 e. The van der Waals surface area contributed by atoms with Gasteiger partial charge >= 0.3 is 0 Å². The molecular weight excluding hydrogens is 366 g/mol. The lowest BCUT2D eigenvalue weighted by atomic mass is 10.2. The van der Waals surface area contributed by atoms with Crippen molar-refractivity contribution < 1.29 is 9.47 Å². The van der Waals surface area contributed by atoms with Crippen molar-refractivity contribution in [3.63, 3.8) is 0 Å². The van der Waals surface area contributed by atoms with Crippen LogP contribution in [0.5, 0.6) is 11.5 Å². The van der Waals surface area contributed by atoms with E-state index in [4.69, 9.17) is 14.5 Å². The number of hydrogen-bond donors (Lipinski definition) is 1.